The van der Waals surface area contributed by atoms with Crippen LogP contribution < -0.4 is 9.80 Å². The zero-order valence-corrected chi connectivity index (χ0v) is 21.7. The quantitative estimate of drug-likeness (QED) is 0.236. The predicted octanol–water partition coefficient (Wildman–Crippen LogP) is 7.95. The minimum atomic E-state index is -0.0250. The SMILES string of the molecule is [2H]c1cc(C#Cc2ccccc2)c(O)c2nc(-c3ccc4c(c3)N(c3ccccn3)c3ccccc3N4C)ccc12. The van der Waals surface area contributed by atoms with Crippen LogP contribution in [0.3, 0.4) is 0 Å². The molecule has 190 valence electrons. The van der Waals surface area contributed by atoms with E-state index in [4.69, 9.17) is 6.35 Å². The summed E-state index contributed by atoms with van der Waals surface area (Å²) in [6.45, 7) is 0. The van der Waals surface area contributed by atoms with Gasteiger partial charge in [0.2, 0.25) is 0 Å². The maximum atomic E-state index is 11.2. The summed E-state index contributed by atoms with van der Waals surface area (Å²) in [5.41, 5.74) is 7.25. The summed E-state index contributed by atoms with van der Waals surface area (Å²) in [6.07, 6.45) is 1.80. The summed E-state index contributed by atoms with van der Waals surface area (Å²) in [5.74, 6) is 6.88. The number of fused-ring (bicyclic) bond motifs is 3. The first kappa shape index (κ1) is 22.4. The number of anilines is 5. The Kier molecular flexibility index (Phi) is 5.38. The van der Waals surface area contributed by atoms with E-state index in [0.29, 0.717) is 22.2 Å². The summed E-state index contributed by atoms with van der Waals surface area (Å²) in [6, 6.07) is 35.5. The lowest BCUT2D eigenvalue weighted by molar-refractivity contribution is 0.479. The van der Waals surface area contributed by atoms with Gasteiger partial charge in [-0.3, -0.25) is 4.90 Å². The summed E-state index contributed by atoms with van der Waals surface area (Å²) in [7, 11) is 2.06. The highest BCUT2D eigenvalue weighted by molar-refractivity contribution is 5.98. The van der Waals surface area contributed by atoms with Gasteiger partial charge in [0.15, 0.2) is 5.75 Å². The molecule has 1 aliphatic rings. The van der Waals surface area contributed by atoms with Crippen LogP contribution in [0.1, 0.15) is 12.5 Å². The molecule has 40 heavy (non-hydrogen) atoms. The Balaban J connectivity index is 1.36. The van der Waals surface area contributed by atoms with Crippen molar-refractivity contribution >= 4 is 39.5 Å². The van der Waals surface area contributed by atoms with Crippen LogP contribution in [0.15, 0.2) is 121 Å². The third-order valence-corrected chi connectivity index (χ3v) is 7.10. The van der Waals surface area contributed by atoms with Gasteiger partial charge in [0, 0.05) is 29.8 Å². The zero-order chi connectivity index (χ0) is 27.9. The van der Waals surface area contributed by atoms with Crippen molar-refractivity contribution in [1.29, 1.82) is 0 Å². The molecular weight excluding hydrogens is 492 g/mol. The Morgan fingerprint density at radius 2 is 1.52 bits per heavy atom. The molecule has 0 spiro atoms. The van der Waals surface area contributed by atoms with Crippen molar-refractivity contribution in [2.75, 3.05) is 16.8 Å². The minimum absolute atomic E-state index is 0.0250. The average Bonchev–Trinajstić information content (AvgIpc) is 3.03. The molecule has 2 aromatic heterocycles. The summed E-state index contributed by atoms with van der Waals surface area (Å²) < 4.78 is 8.56. The van der Waals surface area contributed by atoms with Crippen LogP contribution in [-0.2, 0) is 0 Å². The molecule has 1 N–H and O–H groups in total. The lowest BCUT2D eigenvalue weighted by atomic mass is 10.0. The van der Waals surface area contributed by atoms with E-state index in [2.05, 4.69) is 57.9 Å². The van der Waals surface area contributed by atoms with Crippen molar-refractivity contribution in [3.8, 4) is 28.8 Å². The number of hydrogen-bond donors (Lipinski definition) is 1. The van der Waals surface area contributed by atoms with Crippen LogP contribution in [0, 0.1) is 11.8 Å². The third-order valence-electron chi connectivity index (χ3n) is 7.10. The van der Waals surface area contributed by atoms with E-state index in [1.807, 2.05) is 78.9 Å². The lowest BCUT2D eigenvalue weighted by Gasteiger charge is -2.38. The van der Waals surface area contributed by atoms with Crippen LogP contribution in [-0.4, -0.2) is 22.1 Å². The van der Waals surface area contributed by atoms with E-state index in [1.165, 1.54) is 0 Å². The molecule has 5 heteroatoms. The minimum Gasteiger partial charge on any atom is -0.504 e. The second-order valence-corrected chi connectivity index (χ2v) is 9.53. The molecule has 6 aromatic rings. The van der Waals surface area contributed by atoms with Gasteiger partial charge in [-0.05, 0) is 60.7 Å². The number of aromatic nitrogens is 2. The maximum Gasteiger partial charge on any atom is 0.157 e. The molecule has 0 fully saturated rings. The molecular formula is C35H24N4O. The molecule has 7 rings (SSSR count). The van der Waals surface area contributed by atoms with Gasteiger partial charge in [0.1, 0.15) is 11.3 Å². The normalized spacial score (nSPS) is 12.3. The van der Waals surface area contributed by atoms with Crippen molar-refractivity contribution in [3.63, 3.8) is 0 Å². The molecule has 5 nitrogen and oxygen atoms in total. The van der Waals surface area contributed by atoms with E-state index < -0.39 is 0 Å². The first-order valence-electron chi connectivity index (χ1n) is 13.5. The van der Waals surface area contributed by atoms with Crippen LogP contribution in [0.25, 0.3) is 22.2 Å². The van der Waals surface area contributed by atoms with Crippen LogP contribution in [0.5, 0.6) is 5.75 Å². The Bertz CT molecular complexity index is 2000. The van der Waals surface area contributed by atoms with E-state index in [9.17, 15) is 5.11 Å². The molecule has 0 bridgehead atoms. The number of rotatable bonds is 2. The van der Waals surface area contributed by atoms with Gasteiger partial charge in [0.25, 0.3) is 0 Å². The molecule has 0 saturated heterocycles. The molecule has 4 aromatic carbocycles. The van der Waals surface area contributed by atoms with E-state index in [0.717, 1.165) is 39.7 Å². The molecule has 3 heterocycles. The van der Waals surface area contributed by atoms with Crippen molar-refractivity contribution in [2.45, 2.75) is 0 Å². The summed E-state index contributed by atoms with van der Waals surface area (Å²) >= 11 is 0. The zero-order valence-electron chi connectivity index (χ0n) is 22.7. The average molecular weight is 518 g/mol. The van der Waals surface area contributed by atoms with Crippen molar-refractivity contribution < 1.29 is 6.48 Å². The number of hydrogen-bond acceptors (Lipinski definition) is 5. The van der Waals surface area contributed by atoms with Gasteiger partial charge in [-0.2, -0.15) is 0 Å². The smallest absolute Gasteiger partial charge is 0.157 e. The first-order valence-corrected chi connectivity index (χ1v) is 13.0. The molecule has 0 saturated carbocycles. The first-order chi connectivity index (χ1) is 20.1. The van der Waals surface area contributed by atoms with Crippen molar-refractivity contribution in [3.05, 3.63) is 133 Å². The number of nitrogens with zero attached hydrogens (tertiary/aromatic N) is 4. The van der Waals surface area contributed by atoms with E-state index in [1.54, 1.807) is 12.3 Å². The highest BCUT2D eigenvalue weighted by Crippen LogP contribution is 2.51. The predicted molar refractivity (Wildman–Crippen MR) is 162 cm³/mol. The number of benzene rings is 4. The maximum absolute atomic E-state index is 11.2. The standard InChI is InChI=1S/C35H24N4O/c1-38-29-11-5-6-12-31(29)39(33-13-7-8-22-36-33)32-23-27(19-21-30(32)38)28-20-18-25-16-17-26(35(40)34(25)37-28)15-14-24-9-3-2-4-10-24/h2-13,16-23,40H,1H3/i16D. The highest BCUT2D eigenvalue weighted by Gasteiger charge is 2.28. The number of phenolic OH excluding ortho intramolecular Hbond substituents is 1. The highest BCUT2D eigenvalue weighted by atomic mass is 16.3. The summed E-state index contributed by atoms with van der Waals surface area (Å²) in [5, 5.41) is 11.7. The van der Waals surface area contributed by atoms with Gasteiger partial charge in [-0.1, -0.05) is 66.4 Å². The number of aromatic hydroxyl groups is 1. The summed E-state index contributed by atoms with van der Waals surface area (Å²) in [4.78, 5) is 13.8. The largest absolute Gasteiger partial charge is 0.504 e. The second kappa shape index (κ2) is 9.61. The number of phenols is 1. The molecule has 0 unspecified atom stereocenters. The molecule has 0 atom stereocenters. The fraction of sp³-hybridized carbons (Fsp3) is 0.0286. The number of para-hydroxylation sites is 2. The van der Waals surface area contributed by atoms with E-state index in [-0.39, 0.29) is 11.8 Å². The monoisotopic (exact) mass is 517 g/mol. The van der Waals surface area contributed by atoms with Gasteiger partial charge < -0.3 is 10.0 Å². The topological polar surface area (TPSA) is 52.5 Å². The van der Waals surface area contributed by atoms with Crippen LogP contribution >= 0.6 is 0 Å². The van der Waals surface area contributed by atoms with Crippen LogP contribution in [0.2, 0.25) is 0 Å². The number of pyridine rings is 2. The Labute approximate surface area is 234 Å². The van der Waals surface area contributed by atoms with Crippen LogP contribution in [0.4, 0.5) is 28.6 Å². The molecule has 1 aliphatic heterocycles. The fourth-order valence-electron chi connectivity index (χ4n) is 5.09. The Morgan fingerprint density at radius 1 is 0.750 bits per heavy atom. The molecule has 0 amide bonds. The third kappa shape index (κ3) is 4.00. The molecule has 0 radical (unpaired) electrons. The Morgan fingerprint density at radius 3 is 2.35 bits per heavy atom. The van der Waals surface area contributed by atoms with E-state index >= 15 is 0 Å². The van der Waals surface area contributed by atoms with Gasteiger partial charge in [-0.25, -0.2) is 9.97 Å². The van der Waals surface area contributed by atoms with Crippen molar-refractivity contribution in [1.82, 2.24) is 9.97 Å². The molecule has 0 aliphatic carbocycles. The Hall–Kier alpha value is -5.60. The lowest BCUT2D eigenvalue weighted by Crippen LogP contribution is -2.24. The van der Waals surface area contributed by atoms with Gasteiger partial charge in [-0.15, -0.1) is 0 Å². The van der Waals surface area contributed by atoms with Crippen molar-refractivity contribution in [2.24, 2.45) is 0 Å². The fourth-order valence-corrected chi connectivity index (χ4v) is 5.09. The second-order valence-electron chi connectivity index (χ2n) is 9.53. The van der Waals surface area contributed by atoms with Gasteiger partial charge in [0.05, 0.1) is 35.4 Å². The van der Waals surface area contributed by atoms with Gasteiger partial charge >= 0.3 is 0 Å².